The average molecular weight is 387 g/mol. The first-order valence-corrected chi connectivity index (χ1v) is 9.71. The van der Waals surface area contributed by atoms with E-state index in [1.807, 2.05) is 18.4 Å². The number of thiophene rings is 1. The zero-order valence-corrected chi connectivity index (χ0v) is 15.8. The lowest BCUT2D eigenvalue weighted by molar-refractivity contribution is -0.134. The molecule has 2 N–H and O–H groups in total. The van der Waals surface area contributed by atoms with Gasteiger partial charge >= 0.3 is 5.97 Å². The van der Waals surface area contributed by atoms with Crippen LogP contribution in [0.15, 0.2) is 29.8 Å². The third-order valence-corrected chi connectivity index (χ3v) is 5.56. The Labute approximate surface area is 161 Å². The van der Waals surface area contributed by atoms with Gasteiger partial charge in [-0.2, -0.15) is 0 Å². The lowest BCUT2D eigenvalue weighted by Gasteiger charge is -2.31. The second-order valence-corrected chi connectivity index (χ2v) is 7.43. The summed E-state index contributed by atoms with van der Waals surface area (Å²) in [4.78, 5) is 43.4. The number of carboxylic acid groups (broad SMARTS) is 1. The van der Waals surface area contributed by atoms with Gasteiger partial charge in [0.25, 0.3) is 5.91 Å². The van der Waals surface area contributed by atoms with Crippen LogP contribution in [0.3, 0.4) is 0 Å². The summed E-state index contributed by atoms with van der Waals surface area (Å²) in [5.41, 5.74) is 1.14. The van der Waals surface area contributed by atoms with E-state index in [0.717, 1.165) is 12.8 Å². The molecule has 0 aliphatic carbocycles. The maximum atomic E-state index is 13.0. The highest BCUT2D eigenvalue weighted by atomic mass is 32.1. The van der Waals surface area contributed by atoms with Gasteiger partial charge in [0.2, 0.25) is 5.91 Å². The molecular weight excluding hydrogens is 366 g/mol. The second-order valence-electron chi connectivity index (χ2n) is 6.43. The van der Waals surface area contributed by atoms with Crippen LogP contribution in [0.25, 0.3) is 0 Å². The molecular formula is C19H21N3O4S. The van der Waals surface area contributed by atoms with Gasteiger partial charge in [0.1, 0.15) is 11.7 Å². The lowest BCUT2D eigenvalue weighted by Crippen LogP contribution is -2.49. The fraction of sp³-hybridized carbons (Fsp3) is 0.368. The van der Waals surface area contributed by atoms with Gasteiger partial charge in [-0.05, 0) is 42.0 Å². The van der Waals surface area contributed by atoms with Crippen LogP contribution in [-0.2, 0) is 17.8 Å². The van der Waals surface area contributed by atoms with E-state index in [2.05, 4.69) is 10.3 Å². The number of hydrogen-bond donors (Lipinski definition) is 2. The zero-order chi connectivity index (χ0) is 19.4. The Bertz CT molecular complexity index is 864. The van der Waals surface area contributed by atoms with Crippen LogP contribution in [0.1, 0.15) is 51.1 Å². The molecule has 2 aromatic heterocycles. The maximum absolute atomic E-state index is 13.0. The molecule has 2 amide bonds. The van der Waals surface area contributed by atoms with Gasteiger partial charge in [-0.25, -0.2) is 9.78 Å². The summed E-state index contributed by atoms with van der Waals surface area (Å²) in [5.74, 6) is -1.78. The largest absolute Gasteiger partial charge is 0.477 e. The number of hydrogen-bond acceptors (Lipinski definition) is 5. The van der Waals surface area contributed by atoms with Crippen LogP contribution in [-0.4, -0.2) is 45.4 Å². The maximum Gasteiger partial charge on any atom is 0.354 e. The Morgan fingerprint density at radius 3 is 2.93 bits per heavy atom. The highest BCUT2D eigenvalue weighted by Crippen LogP contribution is 2.24. The Balaban J connectivity index is 1.71. The summed E-state index contributed by atoms with van der Waals surface area (Å²) in [6, 6.07) is 4.05. The predicted octanol–water partition coefficient (Wildman–Crippen LogP) is 2.32. The summed E-state index contributed by atoms with van der Waals surface area (Å²) in [7, 11) is 0. The first-order chi connectivity index (χ1) is 13.0. The Morgan fingerprint density at radius 2 is 2.19 bits per heavy atom. The highest BCUT2D eigenvalue weighted by molar-refractivity contribution is 7.10. The topological polar surface area (TPSA) is 99.6 Å². The molecule has 0 fully saturated rings. The fourth-order valence-electron chi connectivity index (χ4n) is 3.13. The monoisotopic (exact) mass is 387 g/mol. The molecule has 0 saturated carbocycles. The molecule has 3 rings (SSSR count). The number of carbonyl (C=O) groups excluding carboxylic acids is 2. The van der Waals surface area contributed by atoms with Crippen LogP contribution in [0.2, 0.25) is 0 Å². The Hall–Kier alpha value is -2.74. The van der Waals surface area contributed by atoms with Crippen molar-refractivity contribution in [2.45, 2.75) is 38.8 Å². The number of carboxylic acids is 1. The molecule has 0 aromatic carbocycles. The van der Waals surface area contributed by atoms with Crippen molar-refractivity contribution in [1.82, 2.24) is 15.2 Å². The summed E-state index contributed by atoms with van der Waals surface area (Å²) < 4.78 is 0. The molecule has 0 bridgehead atoms. The molecule has 1 unspecified atom stereocenters. The standard InChI is InChI=1S/C19H21N3O4S/c1-2-3-14(18(24)22-8-5-16-13(11-22)6-9-27-16)21-17(23)12-4-7-20-15(10-12)19(25)26/h4,6-7,9-10,14H,2-3,5,8,11H2,1H3,(H,21,23)(H,25,26). The van der Waals surface area contributed by atoms with Gasteiger partial charge in [0, 0.05) is 29.7 Å². The van der Waals surface area contributed by atoms with E-state index in [9.17, 15) is 14.4 Å². The molecule has 142 valence electrons. The van der Waals surface area contributed by atoms with Crippen LogP contribution >= 0.6 is 11.3 Å². The average Bonchev–Trinajstić information content (AvgIpc) is 3.14. The van der Waals surface area contributed by atoms with Crippen molar-refractivity contribution in [3.8, 4) is 0 Å². The van der Waals surface area contributed by atoms with Gasteiger partial charge < -0.3 is 15.3 Å². The first-order valence-electron chi connectivity index (χ1n) is 8.83. The molecule has 0 saturated heterocycles. The van der Waals surface area contributed by atoms with E-state index in [0.29, 0.717) is 19.5 Å². The summed E-state index contributed by atoms with van der Waals surface area (Å²) in [6.07, 6.45) is 3.37. The number of pyridine rings is 1. The van der Waals surface area contributed by atoms with Crippen molar-refractivity contribution < 1.29 is 19.5 Å². The number of rotatable bonds is 6. The molecule has 7 nitrogen and oxygen atoms in total. The van der Waals surface area contributed by atoms with Gasteiger partial charge in [0.15, 0.2) is 0 Å². The number of nitrogens with one attached hydrogen (secondary N) is 1. The minimum Gasteiger partial charge on any atom is -0.477 e. The normalized spacial score (nSPS) is 14.3. The molecule has 0 radical (unpaired) electrons. The molecule has 1 atom stereocenters. The zero-order valence-electron chi connectivity index (χ0n) is 15.0. The Kier molecular flexibility index (Phi) is 5.85. The van der Waals surface area contributed by atoms with Crippen LogP contribution in [0.5, 0.6) is 0 Å². The molecule has 1 aliphatic heterocycles. The number of carbonyl (C=O) groups is 3. The summed E-state index contributed by atoms with van der Waals surface area (Å²) in [6.45, 7) is 3.15. The van der Waals surface area contributed by atoms with Gasteiger partial charge in [-0.3, -0.25) is 9.59 Å². The van der Waals surface area contributed by atoms with Crippen molar-refractivity contribution in [3.05, 3.63) is 51.5 Å². The quantitative estimate of drug-likeness (QED) is 0.792. The lowest BCUT2D eigenvalue weighted by atomic mass is 10.1. The minimum absolute atomic E-state index is 0.102. The summed E-state index contributed by atoms with van der Waals surface area (Å²) in [5, 5.41) is 13.8. The van der Waals surface area contributed by atoms with E-state index in [-0.39, 0.29) is 17.2 Å². The molecule has 3 heterocycles. The van der Waals surface area contributed by atoms with E-state index in [1.165, 1.54) is 28.8 Å². The van der Waals surface area contributed by atoms with E-state index in [4.69, 9.17) is 5.11 Å². The molecule has 8 heteroatoms. The first kappa shape index (κ1) is 19.0. The minimum atomic E-state index is -1.20. The highest BCUT2D eigenvalue weighted by Gasteiger charge is 2.28. The van der Waals surface area contributed by atoms with Gasteiger partial charge in [-0.1, -0.05) is 13.3 Å². The van der Waals surface area contributed by atoms with E-state index < -0.39 is 17.9 Å². The van der Waals surface area contributed by atoms with Crippen LogP contribution in [0.4, 0.5) is 0 Å². The third-order valence-electron chi connectivity index (χ3n) is 4.54. The SMILES string of the molecule is CCCC(NC(=O)c1ccnc(C(=O)O)c1)C(=O)N1CCc2sccc2C1. The van der Waals surface area contributed by atoms with Crippen molar-refractivity contribution in [3.63, 3.8) is 0 Å². The number of fused-ring (bicyclic) bond motifs is 1. The summed E-state index contributed by atoms with van der Waals surface area (Å²) >= 11 is 1.71. The third kappa shape index (κ3) is 4.33. The van der Waals surface area contributed by atoms with Crippen molar-refractivity contribution in [1.29, 1.82) is 0 Å². The molecule has 1 aliphatic rings. The number of aromatic carboxylic acids is 1. The molecule has 27 heavy (non-hydrogen) atoms. The number of nitrogens with zero attached hydrogens (tertiary/aromatic N) is 2. The molecule has 0 spiro atoms. The Morgan fingerprint density at radius 1 is 1.37 bits per heavy atom. The predicted molar refractivity (Wildman–Crippen MR) is 101 cm³/mol. The van der Waals surface area contributed by atoms with E-state index >= 15 is 0 Å². The number of aromatic nitrogens is 1. The van der Waals surface area contributed by atoms with Crippen molar-refractivity contribution in [2.75, 3.05) is 6.54 Å². The van der Waals surface area contributed by atoms with E-state index in [1.54, 1.807) is 16.2 Å². The van der Waals surface area contributed by atoms with Crippen molar-refractivity contribution >= 4 is 29.1 Å². The fourth-order valence-corrected chi connectivity index (χ4v) is 4.02. The van der Waals surface area contributed by atoms with Gasteiger partial charge in [-0.15, -0.1) is 11.3 Å². The smallest absolute Gasteiger partial charge is 0.354 e. The number of amides is 2. The van der Waals surface area contributed by atoms with Gasteiger partial charge in [0.05, 0.1) is 0 Å². The molecule has 2 aromatic rings. The van der Waals surface area contributed by atoms with Crippen LogP contribution in [0, 0.1) is 0 Å². The van der Waals surface area contributed by atoms with Crippen LogP contribution < -0.4 is 5.32 Å². The van der Waals surface area contributed by atoms with Crippen molar-refractivity contribution in [2.24, 2.45) is 0 Å². The second kappa shape index (κ2) is 8.30.